The molecule has 1 N–H and O–H groups in total. The lowest BCUT2D eigenvalue weighted by Crippen LogP contribution is -2.28. The van der Waals surface area contributed by atoms with Crippen LogP contribution in [0.25, 0.3) is 11.0 Å². The van der Waals surface area contributed by atoms with Gasteiger partial charge in [0.15, 0.2) is 0 Å². The van der Waals surface area contributed by atoms with Crippen LogP contribution in [0.4, 0.5) is 5.82 Å². The summed E-state index contributed by atoms with van der Waals surface area (Å²) in [5.74, 6) is 0.809. The molecule has 0 bridgehead atoms. The lowest BCUT2D eigenvalue weighted by atomic mass is 10.1. The number of rotatable bonds is 3. The number of nitrogens with zero attached hydrogens (tertiary/aromatic N) is 3. The number of anilines is 1. The van der Waals surface area contributed by atoms with Crippen LogP contribution in [0.3, 0.4) is 0 Å². The second-order valence-electron chi connectivity index (χ2n) is 5.23. The van der Waals surface area contributed by atoms with Crippen molar-refractivity contribution in [3.8, 4) is 0 Å². The number of hydrogen-bond acceptors (Lipinski definition) is 5. The van der Waals surface area contributed by atoms with Crippen molar-refractivity contribution in [3.05, 3.63) is 46.5 Å². The zero-order valence-electron chi connectivity index (χ0n) is 11.7. The minimum atomic E-state index is -0.268. The van der Waals surface area contributed by atoms with E-state index in [2.05, 4.69) is 34.1 Å². The van der Waals surface area contributed by atoms with E-state index in [0.717, 1.165) is 27.6 Å². The fourth-order valence-electron chi connectivity index (χ4n) is 2.09. The lowest BCUT2D eigenvalue weighted by molar-refractivity contribution is 0.600. The highest BCUT2D eigenvalue weighted by Gasteiger charge is 2.24. The molecule has 20 heavy (non-hydrogen) atoms. The largest absolute Gasteiger partial charge is 0.357 e. The Balaban J connectivity index is 2.00. The Hall–Kier alpha value is -2.01. The van der Waals surface area contributed by atoms with Crippen molar-refractivity contribution in [2.45, 2.75) is 26.3 Å². The molecule has 0 spiro atoms. The first kappa shape index (κ1) is 13.0. The van der Waals surface area contributed by atoms with E-state index in [4.69, 9.17) is 0 Å². The molecule has 0 saturated carbocycles. The number of aromatic nitrogens is 3. The normalized spacial score (nSPS) is 11.8. The summed E-state index contributed by atoms with van der Waals surface area (Å²) in [7, 11) is 0. The molecule has 0 aliphatic rings. The third-order valence-electron chi connectivity index (χ3n) is 3.14. The first-order chi connectivity index (χ1) is 9.56. The van der Waals surface area contributed by atoms with E-state index in [1.54, 1.807) is 11.3 Å². The third-order valence-corrected chi connectivity index (χ3v) is 4.24. The predicted octanol–water partition coefficient (Wildman–Crippen LogP) is 3.74. The predicted molar refractivity (Wildman–Crippen MR) is 83.0 cm³/mol. The van der Waals surface area contributed by atoms with Gasteiger partial charge >= 0.3 is 0 Å². The van der Waals surface area contributed by atoms with E-state index in [0.29, 0.717) is 0 Å². The van der Waals surface area contributed by atoms with E-state index in [1.807, 2.05) is 42.8 Å². The van der Waals surface area contributed by atoms with Gasteiger partial charge in [-0.2, -0.15) is 0 Å². The van der Waals surface area contributed by atoms with Crippen molar-refractivity contribution in [2.24, 2.45) is 0 Å². The second-order valence-corrected chi connectivity index (χ2v) is 6.13. The highest BCUT2D eigenvalue weighted by atomic mass is 32.1. The van der Waals surface area contributed by atoms with E-state index in [-0.39, 0.29) is 5.54 Å². The van der Waals surface area contributed by atoms with Gasteiger partial charge in [-0.3, -0.25) is 0 Å². The molecule has 3 rings (SSSR count). The first-order valence-corrected chi connectivity index (χ1v) is 7.36. The number of aryl methyl sites for hydroxylation is 1. The van der Waals surface area contributed by atoms with Crippen LogP contribution < -0.4 is 5.32 Å². The molecule has 0 aliphatic carbocycles. The standard InChI is InChI=1S/C15H16N4S/c1-10-13(18-12-7-5-4-6-11(12)17-10)19-15(2,3)14-16-8-9-20-14/h4-9H,1-3H3,(H,18,19). The van der Waals surface area contributed by atoms with E-state index >= 15 is 0 Å². The maximum Gasteiger partial charge on any atom is 0.148 e. The number of para-hydroxylation sites is 2. The van der Waals surface area contributed by atoms with E-state index in [1.165, 1.54) is 0 Å². The van der Waals surface area contributed by atoms with Crippen molar-refractivity contribution in [3.63, 3.8) is 0 Å². The Morgan fingerprint density at radius 2 is 1.80 bits per heavy atom. The third kappa shape index (κ3) is 2.36. The molecule has 0 fully saturated rings. The highest BCUT2D eigenvalue weighted by Crippen LogP contribution is 2.28. The topological polar surface area (TPSA) is 50.7 Å². The first-order valence-electron chi connectivity index (χ1n) is 6.48. The summed E-state index contributed by atoms with van der Waals surface area (Å²) in [4.78, 5) is 13.7. The average Bonchev–Trinajstić information content (AvgIpc) is 2.94. The quantitative estimate of drug-likeness (QED) is 0.796. The SMILES string of the molecule is Cc1nc2ccccc2nc1NC(C)(C)c1nccs1. The molecule has 4 nitrogen and oxygen atoms in total. The highest BCUT2D eigenvalue weighted by molar-refractivity contribution is 7.09. The summed E-state index contributed by atoms with van der Waals surface area (Å²) < 4.78 is 0. The van der Waals surface area contributed by atoms with Crippen molar-refractivity contribution in [1.29, 1.82) is 0 Å². The molecule has 0 amide bonds. The number of benzene rings is 1. The van der Waals surface area contributed by atoms with Gasteiger partial charge in [-0.05, 0) is 32.9 Å². The molecule has 0 saturated heterocycles. The van der Waals surface area contributed by atoms with Crippen molar-refractivity contribution in [2.75, 3.05) is 5.32 Å². The van der Waals surface area contributed by atoms with Crippen LogP contribution in [0.2, 0.25) is 0 Å². The summed E-state index contributed by atoms with van der Waals surface area (Å²) in [6.45, 7) is 6.17. The van der Waals surface area contributed by atoms with Crippen LogP contribution in [-0.4, -0.2) is 15.0 Å². The van der Waals surface area contributed by atoms with Gasteiger partial charge in [0.25, 0.3) is 0 Å². The molecule has 3 aromatic rings. The van der Waals surface area contributed by atoms with Gasteiger partial charge in [-0.25, -0.2) is 15.0 Å². The van der Waals surface area contributed by atoms with Crippen LogP contribution in [0.1, 0.15) is 24.5 Å². The smallest absolute Gasteiger partial charge is 0.148 e. The Morgan fingerprint density at radius 3 is 2.45 bits per heavy atom. The molecule has 102 valence electrons. The molecule has 0 atom stereocenters. The van der Waals surface area contributed by atoms with Crippen molar-refractivity contribution in [1.82, 2.24) is 15.0 Å². The average molecular weight is 284 g/mol. The maximum absolute atomic E-state index is 4.67. The van der Waals surface area contributed by atoms with E-state index in [9.17, 15) is 0 Å². The van der Waals surface area contributed by atoms with Crippen LogP contribution in [0, 0.1) is 6.92 Å². The van der Waals surface area contributed by atoms with Crippen LogP contribution in [0.15, 0.2) is 35.8 Å². The van der Waals surface area contributed by atoms with Crippen LogP contribution >= 0.6 is 11.3 Å². The minimum Gasteiger partial charge on any atom is -0.357 e. The Morgan fingerprint density at radius 1 is 1.10 bits per heavy atom. The number of hydrogen-bond donors (Lipinski definition) is 1. The molecule has 0 unspecified atom stereocenters. The van der Waals surface area contributed by atoms with Crippen LogP contribution in [0.5, 0.6) is 0 Å². The molecule has 2 heterocycles. The van der Waals surface area contributed by atoms with Gasteiger partial charge < -0.3 is 5.32 Å². The molecule has 5 heteroatoms. The van der Waals surface area contributed by atoms with Gasteiger partial charge in [0.2, 0.25) is 0 Å². The maximum atomic E-state index is 4.67. The molecule has 0 radical (unpaired) electrons. The number of fused-ring (bicyclic) bond motifs is 1. The van der Waals surface area contributed by atoms with Gasteiger partial charge in [-0.15, -0.1) is 11.3 Å². The monoisotopic (exact) mass is 284 g/mol. The summed E-state index contributed by atoms with van der Waals surface area (Å²) in [6.07, 6.45) is 1.82. The number of thiazole rings is 1. The molecular formula is C15H16N4S. The number of nitrogens with one attached hydrogen (secondary N) is 1. The molecule has 0 aliphatic heterocycles. The Bertz CT molecular complexity index is 735. The van der Waals surface area contributed by atoms with Crippen molar-refractivity contribution >= 4 is 28.2 Å². The van der Waals surface area contributed by atoms with Gasteiger partial charge in [0.05, 0.1) is 22.3 Å². The van der Waals surface area contributed by atoms with Gasteiger partial charge in [-0.1, -0.05) is 12.1 Å². The lowest BCUT2D eigenvalue weighted by Gasteiger charge is -2.25. The Kier molecular flexibility index (Phi) is 3.14. The fraction of sp³-hybridized carbons (Fsp3) is 0.267. The zero-order valence-corrected chi connectivity index (χ0v) is 12.5. The summed E-state index contributed by atoms with van der Waals surface area (Å²) in [5.41, 5.74) is 2.45. The van der Waals surface area contributed by atoms with Crippen LogP contribution in [-0.2, 0) is 5.54 Å². The molecule has 2 aromatic heterocycles. The van der Waals surface area contributed by atoms with Gasteiger partial charge in [0, 0.05) is 11.6 Å². The van der Waals surface area contributed by atoms with E-state index < -0.39 is 0 Å². The minimum absolute atomic E-state index is 0.268. The van der Waals surface area contributed by atoms with Gasteiger partial charge in [0.1, 0.15) is 10.8 Å². The molecule has 1 aromatic carbocycles. The second kappa shape index (κ2) is 4.83. The summed E-state index contributed by atoms with van der Waals surface area (Å²) in [5, 5.41) is 6.47. The Labute approximate surface area is 121 Å². The zero-order chi connectivity index (χ0) is 14.2. The van der Waals surface area contributed by atoms with Crippen molar-refractivity contribution < 1.29 is 0 Å². The summed E-state index contributed by atoms with van der Waals surface area (Å²) >= 11 is 1.64. The summed E-state index contributed by atoms with van der Waals surface area (Å²) in [6, 6.07) is 7.90. The fourth-order valence-corrected chi connectivity index (χ4v) is 2.81. The molecular weight excluding hydrogens is 268 g/mol.